The minimum Gasteiger partial charge on any atom is -0.399 e. The highest BCUT2D eigenvalue weighted by molar-refractivity contribution is 5.62. The zero-order valence-electron chi connectivity index (χ0n) is 9.15. The number of hydrogen-bond acceptors (Lipinski definition) is 3. The molecule has 0 aliphatic rings. The Morgan fingerprint density at radius 1 is 1.27 bits per heavy atom. The average Bonchev–Trinajstić information content (AvgIpc) is 2.50. The van der Waals surface area contributed by atoms with E-state index in [1.54, 1.807) is 4.68 Å². The quantitative estimate of drug-likeness (QED) is 0.716. The highest BCUT2D eigenvalue weighted by atomic mass is 15.3. The summed E-state index contributed by atoms with van der Waals surface area (Å²) >= 11 is 0. The molecule has 1 aromatic carbocycles. The molecule has 0 aliphatic carbocycles. The highest BCUT2D eigenvalue weighted by Crippen LogP contribution is 2.21. The van der Waals surface area contributed by atoms with Gasteiger partial charge in [0, 0.05) is 18.3 Å². The lowest BCUT2D eigenvalue weighted by molar-refractivity contribution is 0.764. The molecule has 1 heterocycles. The van der Waals surface area contributed by atoms with Crippen LogP contribution in [0.25, 0.3) is 11.4 Å². The third kappa shape index (κ3) is 1.70. The smallest absolute Gasteiger partial charge is 0.158 e. The Kier molecular flexibility index (Phi) is 2.19. The largest absolute Gasteiger partial charge is 0.399 e. The third-order valence-electron chi connectivity index (χ3n) is 2.40. The number of anilines is 1. The fourth-order valence-corrected chi connectivity index (χ4v) is 1.58. The molecule has 15 heavy (non-hydrogen) atoms. The summed E-state index contributed by atoms with van der Waals surface area (Å²) in [5, 5.41) is 4.21. The number of benzene rings is 1. The van der Waals surface area contributed by atoms with Crippen LogP contribution < -0.4 is 5.73 Å². The molecule has 2 rings (SSSR count). The van der Waals surface area contributed by atoms with Crippen LogP contribution in [0.3, 0.4) is 0 Å². The molecule has 0 spiro atoms. The van der Waals surface area contributed by atoms with Crippen molar-refractivity contribution in [3.63, 3.8) is 0 Å². The minimum absolute atomic E-state index is 0.780. The van der Waals surface area contributed by atoms with Gasteiger partial charge in [0.25, 0.3) is 0 Å². The SMILES string of the molecule is Cc1nc(-c2ccc(N)c(C)c2)n(C)n1. The Labute approximate surface area is 88.8 Å². The summed E-state index contributed by atoms with van der Waals surface area (Å²) in [6, 6.07) is 5.89. The highest BCUT2D eigenvalue weighted by Gasteiger charge is 2.07. The molecule has 2 N–H and O–H groups in total. The molecule has 0 amide bonds. The van der Waals surface area contributed by atoms with Gasteiger partial charge < -0.3 is 5.73 Å². The minimum atomic E-state index is 0.780. The van der Waals surface area contributed by atoms with Gasteiger partial charge in [-0.1, -0.05) is 0 Å². The first kappa shape index (κ1) is 9.71. The first-order valence-corrected chi connectivity index (χ1v) is 4.82. The predicted octanol–water partition coefficient (Wildman–Crippen LogP) is 1.68. The second-order valence-electron chi connectivity index (χ2n) is 3.68. The zero-order valence-corrected chi connectivity index (χ0v) is 9.15. The summed E-state index contributed by atoms with van der Waals surface area (Å²) in [5.41, 5.74) is 8.68. The molecule has 0 atom stereocenters. The Morgan fingerprint density at radius 2 is 2.00 bits per heavy atom. The van der Waals surface area contributed by atoms with Crippen molar-refractivity contribution in [2.45, 2.75) is 13.8 Å². The molecule has 2 aromatic rings. The molecule has 0 saturated heterocycles. The monoisotopic (exact) mass is 202 g/mol. The lowest BCUT2D eigenvalue weighted by Crippen LogP contribution is -1.96. The average molecular weight is 202 g/mol. The molecular formula is C11H14N4. The molecule has 1 aromatic heterocycles. The summed E-state index contributed by atoms with van der Waals surface area (Å²) < 4.78 is 1.78. The van der Waals surface area contributed by atoms with E-state index < -0.39 is 0 Å². The van der Waals surface area contributed by atoms with Crippen molar-refractivity contribution in [1.82, 2.24) is 14.8 Å². The lowest BCUT2D eigenvalue weighted by Gasteiger charge is -2.03. The van der Waals surface area contributed by atoms with E-state index in [-0.39, 0.29) is 0 Å². The van der Waals surface area contributed by atoms with Crippen molar-refractivity contribution in [3.8, 4) is 11.4 Å². The fraction of sp³-hybridized carbons (Fsp3) is 0.273. The van der Waals surface area contributed by atoms with Gasteiger partial charge in [-0.3, -0.25) is 0 Å². The first-order valence-electron chi connectivity index (χ1n) is 4.82. The van der Waals surface area contributed by atoms with Gasteiger partial charge in [0.1, 0.15) is 5.82 Å². The molecule has 4 nitrogen and oxygen atoms in total. The van der Waals surface area contributed by atoms with Crippen LogP contribution in [0.2, 0.25) is 0 Å². The maximum Gasteiger partial charge on any atom is 0.158 e. The Bertz CT molecular complexity index is 499. The maximum atomic E-state index is 5.77. The summed E-state index contributed by atoms with van der Waals surface area (Å²) in [7, 11) is 1.89. The number of rotatable bonds is 1. The van der Waals surface area contributed by atoms with Crippen molar-refractivity contribution < 1.29 is 0 Å². The number of nitrogens with two attached hydrogens (primary N) is 1. The van der Waals surface area contributed by atoms with Gasteiger partial charge >= 0.3 is 0 Å². The molecule has 0 radical (unpaired) electrons. The normalized spacial score (nSPS) is 10.6. The van der Waals surface area contributed by atoms with Crippen molar-refractivity contribution in [1.29, 1.82) is 0 Å². The zero-order chi connectivity index (χ0) is 11.0. The van der Waals surface area contributed by atoms with Gasteiger partial charge in [-0.25, -0.2) is 9.67 Å². The van der Waals surface area contributed by atoms with Crippen molar-refractivity contribution >= 4 is 5.69 Å². The van der Waals surface area contributed by atoms with Crippen LogP contribution in [0, 0.1) is 13.8 Å². The van der Waals surface area contributed by atoms with Gasteiger partial charge in [-0.2, -0.15) is 5.10 Å². The number of aryl methyl sites for hydroxylation is 3. The second kappa shape index (κ2) is 3.38. The topological polar surface area (TPSA) is 56.7 Å². The van der Waals surface area contributed by atoms with E-state index in [9.17, 15) is 0 Å². The van der Waals surface area contributed by atoms with Crippen LogP contribution in [0.5, 0.6) is 0 Å². The number of nitrogens with zero attached hydrogens (tertiary/aromatic N) is 3. The van der Waals surface area contributed by atoms with Crippen molar-refractivity contribution in [2.24, 2.45) is 7.05 Å². The molecule has 0 saturated carbocycles. The first-order chi connectivity index (χ1) is 7.08. The van der Waals surface area contributed by atoms with E-state index in [4.69, 9.17) is 5.73 Å². The summed E-state index contributed by atoms with van der Waals surface area (Å²) in [5.74, 6) is 1.65. The Balaban J connectivity index is 2.54. The fourth-order valence-electron chi connectivity index (χ4n) is 1.58. The van der Waals surface area contributed by atoms with Gasteiger partial charge in [0.2, 0.25) is 0 Å². The molecular weight excluding hydrogens is 188 g/mol. The van der Waals surface area contributed by atoms with Crippen LogP contribution in [-0.4, -0.2) is 14.8 Å². The van der Waals surface area contributed by atoms with Gasteiger partial charge in [-0.15, -0.1) is 0 Å². The van der Waals surface area contributed by atoms with E-state index in [2.05, 4.69) is 10.1 Å². The third-order valence-corrected chi connectivity index (χ3v) is 2.40. The molecule has 78 valence electrons. The number of aromatic nitrogens is 3. The Hall–Kier alpha value is -1.84. The molecule has 4 heteroatoms. The molecule has 0 bridgehead atoms. The standard InChI is InChI=1S/C11H14N4/c1-7-6-9(4-5-10(7)12)11-13-8(2)14-15(11)3/h4-6H,12H2,1-3H3. The lowest BCUT2D eigenvalue weighted by atomic mass is 10.1. The predicted molar refractivity (Wildman–Crippen MR) is 60.3 cm³/mol. The number of hydrogen-bond donors (Lipinski definition) is 1. The molecule has 0 unspecified atom stereocenters. The van der Waals surface area contributed by atoms with Gasteiger partial charge in [-0.05, 0) is 37.6 Å². The maximum absolute atomic E-state index is 5.77. The van der Waals surface area contributed by atoms with Crippen LogP contribution in [0.4, 0.5) is 5.69 Å². The van der Waals surface area contributed by atoms with E-state index in [1.165, 1.54) is 0 Å². The van der Waals surface area contributed by atoms with E-state index in [1.807, 2.05) is 39.1 Å². The summed E-state index contributed by atoms with van der Waals surface area (Å²) in [6.45, 7) is 3.87. The van der Waals surface area contributed by atoms with Crippen molar-refractivity contribution in [3.05, 3.63) is 29.6 Å². The van der Waals surface area contributed by atoms with Gasteiger partial charge in [0.05, 0.1) is 0 Å². The van der Waals surface area contributed by atoms with Crippen LogP contribution in [-0.2, 0) is 7.05 Å². The van der Waals surface area contributed by atoms with Crippen LogP contribution >= 0.6 is 0 Å². The molecule has 0 aliphatic heterocycles. The number of nitrogen functional groups attached to an aromatic ring is 1. The van der Waals surface area contributed by atoms with Gasteiger partial charge in [0.15, 0.2) is 5.82 Å². The second-order valence-corrected chi connectivity index (χ2v) is 3.68. The van der Waals surface area contributed by atoms with Crippen LogP contribution in [0.15, 0.2) is 18.2 Å². The van der Waals surface area contributed by atoms with E-state index >= 15 is 0 Å². The van der Waals surface area contributed by atoms with Crippen LogP contribution in [0.1, 0.15) is 11.4 Å². The summed E-state index contributed by atoms with van der Waals surface area (Å²) in [4.78, 5) is 4.36. The Morgan fingerprint density at radius 3 is 2.53 bits per heavy atom. The van der Waals surface area contributed by atoms with E-state index in [0.717, 1.165) is 28.5 Å². The van der Waals surface area contributed by atoms with Crippen molar-refractivity contribution in [2.75, 3.05) is 5.73 Å². The molecule has 0 fully saturated rings. The summed E-state index contributed by atoms with van der Waals surface area (Å²) in [6.07, 6.45) is 0. The van der Waals surface area contributed by atoms with E-state index in [0.29, 0.717) is 0 Å².